The van der Waals surface area contributed by atoms with Crippen molar-refractivity contribution in [3.05, 3.63) is 29.8 Å². The fraction of sp³-hybridized carbons (Fsp3) is 0.619. The highest BCUT2D eigenvalue weighted by Crippen LogP contribution is 2.21. The zero-order valence-electron chi connectivity index (χ0n) is 16.1. The van der Waals surface area contributed by atoms with E-state index in [1.54, 1.807) is 0 Å². The van der Waals surface area contributed by atoms with E-state index in [1.807, 2.05) is 29.2 Å². The molecule has 2 aliphatic rings. The summed E-state index contributed by atoms with van der Waals surface area (Å²) in [5.74, 6) is 0.800. The first-order chi connectivity index (χ1) is 13.2. The number of piperidine rings is 1. The third-order valence-corrected chi connectivity index (χ3v) is 5.42. The first-order valence-corrected chi connectivity index (χ1v) is 10.00. The number of carbonyl (C=O) groups is 2. The molecule has 0 atom stereocenters. The van der Waals surface area contributed by atoms with Crippen molar-refractivity contribution < 1.29 is 19.1 Å². The second-order valence-electron chi connectivity index (χ2n) is 7.46. The predicted molar refractivity (Wildman–Crippen MR) is 103 cm³/mol. The fourth-order valence-electron chi connectivity index (χ4n) is 3.83. The molecule has 2 amide bonds. The summed E-state index contributed by atoms with van der Waals surface area (Å²) >= 11 is 0. The molecule has 1 aromatic carbocycles. The Morgan fingerprint density at radius 2 is 1.70 bits per heavy atom. The van der Waals surface area contributed by atoms with Gasteiger partial charge in [0.25, 0.3) is 5.91 Å². The number of ether oxygens (including phenoxy) is 2. The lowest BCUT2D eigenvalue weighted by Crippen LogP contribution is -2.43. The molecule has 1 N–H and O–H groups in total. The zero-order chi connectivity index (χ0) is 19.1. The van der Waals surface area contributed by atoms with E-state index in [4.69, 9.17) is 9.47 Å². The lowest BCUT2D eigenvalue weighted by molar-refractivity contribution is -0.136. The molecule has 0 unspecified atom stereocenters. The maximum Gasteiger partial charge on any atom is 0.251 e. The van der Waals surface area contributed by atoms with Gasteiger partial charge >= 0.3 is 0 Å². The van der Waals surface area contributed by atoms with Crippen LogP contribution < -0.4 is 10.1 Å². The van der Waals surface area contributed by atoms with Crippen LogP contribution in [0.1, 0.15) is 55.3 Å². The first kappa shape index (κ1) is 19.7. The van der Waals surface area contributed by atoms with Crippen molar-refractivity contribution in [2.24, 2.45) is 0 Å². The lowest BCUT2D eigenvalue weighted by atomic mass is 9.95. The summed E-state index contributed by atoms with van der Waals surface area (Å²) in [7, 11) is 1.53. The van der Waals surface area contributed by atoms with E-state index in [2.05, 4.69) is 5.32 Å². The minimum atomic E-state index is -0.00147. The van der Waals surface area contributed by atoms with E-state index >= 15 is 0 Å². The summed E-state index contributed by atoms with van der Waals surface area (Å²) in [6.07, 6.45) is 7.55. The molecule has 1 heterocycles. The molecule has 27 heavy (non-hydrogen) atoms. The molecular weight excluding hydrogens is 344 g/mol. The van der Waals surface area contributed by atoms with Crippen molar-refractivity contribution in [2.45, 2.75) is 57.1 Å². The molecule has 3 rings (SSSR count). The number of nitrogens with zero attached hydrogens (tertiary/aromatic N) is 1. The smallest absolute Gasteiger partial charge is 0.251 e. The third-order valence-electron chi connectivity index (χ3n) is 5.42. The molecule has 2 fully saturated rings. The Morgan fingerprint density at radius 1 is 1.04 bits per heavy atom. The van der Waals surface area contributed by atoms with Crippen molar-refractivity contribution in [3.63, 3.8) is 0 Å². The Morgan fingerprint density at radius 3 is 2.33 bits per heavy atom. The van der Waals surface area contributed by atoms with E-state index in [-0.39, 0.29) is 24.5 Å². The van der Waals surface area contributed by atoms with Gasteiger partial charge in [-0.05, 0) is 37.1 Å². The van der Waals surface area contributed by atoms with Crippen molar-refractivity contribution in [1.29, 1.82) is 0 Å². The number of amides is 2. The number of likely N-dealkylation sites (tertiary alicyclic amines) is 1. The Hall–Kier alpha value is -2.08. The van der Waals surface area contributed by atoms with Gasteiger partial charge in [-0.3, -0.25) is 9.59 Å². The van der Waals surface area contributed by atoms with Gasteiger partial charge in [-0.2, -0.15) is 0 Å². The van der Waals surface area contributed by atoms with Crippen LogP contribution in [-0.4, -0.2) is 55.7 Å². The number of carbonyl (C=O) groups excluding carboxylic acids is 2. The van der Waals surface area contributed by atoms with Crippen LogP contribution in [0.25, 0.3) is 0 Å². The minimum absolute atomic E-state index is 0.00147. The van der Waals surface area contributed by atoms with Gasteiger partial charge in [-0.1, -0.05) is 19.3 Å². The molecule has 1 saturated carbocycles. The summed E-state index contributed by atoms with van der Waals surface area (Å²) in [5, 5.41) is 3.13. The molecule has 0 bridgehead atoms. The molecule has 6 heteroatoms. The van der Waals surface area contributed by atoms with Gasteiger partial charge in [0, 0.05) is 44.6 Å². The average molecular weight is 374 g/mol. The number of rotatable bonds is 6. The molecule has 0 spiro atoms. The molecule has 0 radical (unpaired) electrons. The van der Waals surface area contributed by atoms with Crippen molar-refractivity contribution in [3.8, 4) is 5.75 Å². The van der Waals surface area contributed by atoms with Gasteiger partial charge in [0.1, 0.15) is 18.5 Å². The molecule has 148 valence electrons. The van der Waals surface area contributed by atoms with E-state index in [1.165, 1.54) is 26.4 Å². The number of hydrogen-bond donors (Lipinski definition) is 1. The Kier molecular flexibility index (Phi) is 7.10. The summed E-state index contributed by atoms with van der Waals surface area (Å²) in [6, 6.07) is 7.68. The Balaban J connectivity index is 1.45. The topological polar surface area (TPSA) is 67.9 Å². The largest absolute Gasteiger partial charge is 0.490 e. The van der Waals surface area contributed by atoms with Crippen LogP contribution in [0.2, 0.25) is 0 Å². The number of methoxy groups -OCH3 is 1. The highest BCUT2D eigenvalue weighted by molar-refractivity contribution is 5.94. The molecule has 0 aromatic heterocycles. The van der Waals surface area contributed by atoms with E-state index in [0.29, 0.717) is 24.7 Å². The highest BCUT2D eigenvalue weighted by Gasteiger charge is 2.24. The fourth-order valence-corrected chi connectivity index (χ4v) is 3.83. The van der Waals surface area contributed by atoms with Gasteiger partial charge < -0.3 is 19.7 Å². The van der Waals surface area contributed by atoms with Crippen LogP contribution in [0.4, 0.5) is 0 Å². The minimum Gasteiger partial charge on any atom is -0.490 e. The average Bonchev–Trinajstić information content (AvgIpc) is 2.70. The molecule has 1 aliphatic carbocycles. The van der Waals surface area contributed by atoms with E-state index < -0.39 is 0 Å². The molecule has 1 aliphatic heterocycles. The predicted octanol–water partition coefficient (Wildman–Crippen LogP) is 2.77. The van der Waals surface area contributed by atoms with Crippen LogP contribution in [0.5, 0.6) is 5.75 Å². The molecule has 1 aromatic rings. The van der Waals surface area contributed by atoms with E-state index in [9.17, 15) is 9.59 Å². The first-order valence-electron chi connectivity index (χ1n) is 10.00. The van der Waals surface area contributed by atoms with Crippen LogP contribution in [0, 0.1) is 0 Å². The number of nitrogens with one attached hydrogen (secondary N) is 1. The van der Waals surface area contributed by atoms with Crippen LogP contribution in [-0.2, 0) is 9.53 Å². The van der Waals surface area contributed by atoms with Crippen molar-refractivity contribution >= 4 is 11.8 Å². The van der Waals surface area contributed by atoms with Crippen LogP contribution >= 0.6 is 0 Å². The molecule has 1 saturated heterocycles. The van der Waals surface area contributed by atoms with Crippen molar-refractivity contribution in [1.82, 2.24) is 10.2 Å². The SMILES string of the molecule is COCC(=O)N1CCC(Oc2ccc(C(=O)NC3CCCCC3)cc2)CC1. The zero-order valence-corrected chi connectivity index (χ0v) is 16.1. The second kappa shape index (κ2) is 9.74. The number of hydrogen-bond acceptors (Lipinski definition) is 4. The second-order valence-corrected chi connectivity index (χ2v) is 7.46. The maximum absolute atomic E-state index is 12.4. The third kappa shape index (κ3) is 5.70. The van der Waals surface area contributed by atoms with Crippen LogP contribution in [0.3, 0.4) is 0 Å². The van der Waals surface area contributed by atoms with Gasteiger partial charge in [0.15, 0.2) is 0 Å². The highest BCUT2D eigenvalue weighted by atomic mass is 16.5. The van der Waals surface area contributed by atoms with Crippen molar-refractivity contribution in [2.75, 3.05) is 26.8 Å². The summed E-state index contributed by atoms with van der Waals surface area (Å²) in [6.45, 7) is 1.51. The maximum atomic E-state index is 12.4. The van der Waals surface area contributed by atoms with Gasteiger partial charge in [0.2, 0.25) is 5.91 Å². The van der Waals surface area contributed by atoms with Gasteiger partial charge in [-0.25, -0.2) is 0 Å². The van der Waals surface area contributed by atoms with Gasteiger partial charge in [-0.15, -0.1) is 0 Å². The standard InChI is InChI=1S/C21H30N2O4/c1-26-15-20(24)23-13-11-19(12-14-23)27-18-9-7-16(8-10-18)21(25)22-17-5-3-2-4-6-17/h7-10,17,19H,2-6,11-15H2,1H3,(H,22,25). The Labute approximate surface area is 161 Å². The van der Waals surface area contributed by atoms with Gasteiger partial charge in [0.05, 0.1) is 0 Å². The number of benzene rings is 1. The van der Waals surface area contributed by atoms with E-state index in [0.717, 1.165) is 31.4 Å². The molecule has 6 nitrogen and oxygen atoms in total. The monoisotopic (exact) mass is 374 g/mol. The Bertz CT molecular complexity index is 618. The summed E-state index contributed by atoms with van der Waals surface area (Å²) in [4.78, 5) is 26.0. The quantitative estimate of drug-likeness (QED) is 0.831. The summed E-state index contributed by atoms with van der Waals surface area (Å²) < 4.78 is 10.9. The normalized spacial score (nSPS) is 18.9. The summed E-state index contributed by atoms with van der Waals surface area (Å²) in [5.41, 5.74) is 0.674. The lowest BCUT2D eigenvalue weighted by Gasteiger charge is -2.32. The molecular formula is C21H30N2O4. The van der Waals surface area contributed by atoms with Crippen LogP contribution in [0.15, 0.2) is 24.3 Å².